The van der Waals surface area contributed by atoms with E-state index in [9.17, 15) is 18.7 Å². The Morgan fingerprint density at radius 1 is 1.15 bits per heavy atom. The molecule has 0 fully saturated rings. The fourth-order valence-corrected chi connectivity index (χ4v) is 2.36. The summed E-state index contributed by atoms with van der Waals surface area (Å²) in [5.41, 5.74) is -1.20. The summed E-state index contributed by atoms with van der Waals surface area (Å²) in [6, 6.07) is 7.64. The molecular weight excluding hydrogens is 264 g/mol. The van der Waals surface area contributed by atoms with Gasteiger partial charge in [-0.1, -0.05) is 12.1 Å². The molecule has 0 bridgehead atoms. The lowest BCUT2D eigenvalue weighted by Gasteiger charge is -2.21. The van der Waals surface area contributed by atoms with E-state index in [0.29, 0.717) is 11.3 Å². The highest BCUT2D eigenvalue weighted by atomic mass is 19.1. The molecule has 5 heteroatoms. The van der Waals surface area contributed by atoms with E-state index in [-0.39, 0.29) is 11.1 Å². The second-order valence-electron chi connectivity index (χ2n) is 4.82. The van der Waals surface area contributed by atoms with Crippen molar-refractivity contribution in [1.29, 1.82) is 0 Å². The minimum atomic E-state index is -2.08. The Hall–Kier alpha value is -2.27. The number of carbonyl (C=O) groups is 1. The number of aryl methyl sites for hydroxylation is 1. The summed E-state index contributed by atoms with van der Waals surface area (Å²) < 4.78 is 27.0. The topological polar surface area (TPSA) is 49.3 Å². The second-order valence-corrected chi connectivity index (χ2v) is 4.82. The third kappa shape index (κ3) is 1.63. The maximum Gasteiger partial charge on any atom is 0.265 e. The summed E-state index contributed by atoms with van der Waals surface area (Å²) in [4.78, 5) is 12.1. The highest BCUT2D eigenvalue weighted by Crippen LogP contribution is 2.41. The molecule has 0 aliphatic carbocycles. The van der Waals surface area contributed by atoms with Gasteiger partial charge >= 0.3 is 0 Å². The maximum atomic E-state index is 13.7. The summed E-state index contributed by atoms with van der Waals surface area (Å²) >= 11 is 0. The maximum absolute atomic E-state index is 13.7. The predicted octanol–water partition coefficient (Wildman–Crippen LogP) is 2.46. The van der Waals surface area contributed by atoms with Gasteiger partial charge in [-0.15, -0.1) is 0 Å². The van der Waals surface area contributed by atoms with Crippen LogP contribution >= 0.6 is 0 Å². The van der Waals surface area contributed by atoms with Crippen LogP contribution in [0.2, 0.25) is 0 Å². The standard InChI is InChI=1S/C15H11F2NO2/c1-8-2-3-9(6-12(8)17)15(20)11-7-10(16)4-5-13(11)18-14(15)19/h2-7,20H,1H3,(H,18,19). The number of halogens is 2. The molecule has 1 unspecified atom stereocenters. The number of carbonyl (C=O) groups excluding carboxylic acids is 1. The Morgan fingerprint density at radius 3 is 2.60 bits per heavy atom. The van der Waals surface area contributed by atoms with Crippen LogP contribution < -0.4 is 5.32 Å². The van der Waals surface area contributed by atoms with Crippen molar-refractivity contribution in [2.45, 2.75) is 12.5 Å². The Morgan fingerprint density at radius 2 is 1.90 bits per heavy atom. The van der Waals surface area contributed by atoms with Gasteiger partial charge in [0.2, 0.25) is 0 Å². The largest absolute Gasteiger partial charge is 0.372 e. The van der Waals surface area contributed by atoms with E-state index >= 15 is 0 Å². The number of hydrogen-bond donors (Lipinski definition) is 2. The summed E-state index contributed by atoms with van der Waals surface area (Å²) in [6.45, 7) is 1.57. The Bertz CT molecular complexity index is 730. The third-order valence-electron chi connectivity index (χ3n) is 3.54. The predicted molar refractivity (Wildman–Crippen MR) is 69.2 cm³/mol. The summed E-state index contributed by atoms with van der Waals surface area (Å²) in [5, 5.41) is 13.1. The molecule has 1 aliphatic heterocycles. The molecule has 0 spiro atoms. The second kappa shape index (κ2) is 4.11. The molecule has 3 rings (SSSR count). The Kier molecular flexibility index (Phi) is 2.62. The van der Waals surface area contributed by atoms with E-state index in [1.165, 1.54) is 24.3 Å². The molecule has 102 valence electrons. The van der Waals surface area contributed by atoms with E-state index in [1.807, 2.05) is 0 Å². The minimum absolute atomic E-state index is 0.0717. The number of nitrogens with one attached hydrogen (secondary N) is 1. The van der Waals surface area contributed by atoms with Gasteiger partial charge in [-0.3, -0.25) is 4.79 Å². The zero-order valence-corrected chi connectivity index (χ0v) is 10.6. The molecule has 1 atom stereocenters. The van der Waals surface area contributed by atoms with Gasteiger partial charge in [0.1, 0.15) is 11.6 Å². The van der Waals surface area contributed by atoms with E-state index in [0.717, 1.165) is 12.1 Å². The highest BCUT2D eigenvalue weighted by Gasteiger charge is 2.47. The molecule has 0 saturated heterocycles. The first kappa shape index (κ1) is 12.7. The van der Waals surface area contributed by atoms with Gasteiger partial charge in [0.05, 0.1) is 0 Å². The van der Waals surface area contributed by atoms with Crippen molar-refractivity contribution in [3.8, 4) is 0 Å². The minimum Gasteiger partial charge on any atom is -0.372 e. The Balaban J connectivity index is 2.23. The number of amides is 1. The third-order valence-corrected chi connectivity index (χ3v) is 3.54. The van der Waals surface area contributed by atoms with Gasteiger partial charge in [-0.25, -0.2) is 8.78 Å². The van der Waals surface area contributed by atoms with Gasteiger partial charge in [-0.2, -0.15) is 0 Å². The van der Waals surface area contributed by atoms with Gasteiger partial charge < -0.3 is 10.4 Å². The van der Waals surface area contributed by atoms with Crippen LogP contribution in [0.1, 0.15) is 16.7 Å². The number of hydrogen-bond acceptors (Lipinski definition) is 2. The average Bonchev–Trinajstić information content (AvgIpc) is 2.66. The molecule has 20 heavy (non-hydrogen) atoms. The SMILES string of the molecule is Cc1ccc(C2(O)C(=O)Nc3ccc(F)cc32)cc1F. The van der Waals surface area contributed by atoms with Crippen LogP contribution in [0.15, 0.2) is 36.4 Å². The van der Waals surface area contributed by atoms with Crippen LogP contribution in [0.5, 0.6) is 0 Å². The van der Waals surface area contributed by atoms with Crippen molar-refractivity contribution in [3.05, 3.63) is 64.7 Å². The molecule has 3 nitrogen and oxygen atoms in total. The highest BCUT2D eigenvalue weighted by molar-refractivity contribution is 6.07. The van der Waals surface area contributed by atoms with Crippen LogP contribution in [-0.2, 0) is 10.4 Å². The van der Waals surface area contributed by atoms with Crippen molar-refractivity contribution < 1.29 is 18.7 Å². The van der Waals surface area contributed by atoms with Gasteiger partial charge in [0, 0.05) is 16.8 Å². The van der Waals surface area contributed by atoms with Crippen molar-refractivity contribution in [1.82, 2.24) is 0 Å². The van der Waals surface area contributed by atoms with Crippen LogP contribution in [0.25, 0.3) is 0 Å². The molecule has 0 aromatic heterocycles. The smallest absolute Gasteiger partial charge is 0.265 e. The number of anilines is 1. The molecule has 1 heterocycles. The molecular formula is C15H11F2NO2. The lowest BCUT2D eigenvalue weighted by Crippen LogP contribution is -2.35. The lowest BCUT2D eigenvalue weighted by atomic mass is 9.87. The quantitative estimate of drug-likeness (QED) is 0.840. The van der Waals surface area contributed by atoms with Crippen molar-refractivity contribution >= 4 is 11.6 Å². The zero-order valence-electron chi connectivity index (χ0n) is 10.6. The molecule has 2 N–H and O–H groups in total. The van der Waals surface area contributed by atoms with E-state index in [4.69, 9.17) is 0 Å². The fourth-order valence-electron chi connectivity index (χ4n) is 2.36. The van der Waals surface area contributed by atoms with E-state index < -0.39 is 23.1 Å². The molecule has 1 amide bonds. The average molecular weight is 275 g/mol. The zero-order chi connectivity index (χ0) is 14.5. The normalized spacial score (nSPS) is 20.7. The Labute approximate surface area is 113 Å². The van der Waals surface area contributed by atoms with E-state index in [2.05, 4.69) is 5.32 Å². The first-order valence-electron chi connectivity index (χ1n) is 6.03. The molecule has 2 aromatic rings. The molecule has 1 aliphatic rings. The van der Waals surface area contributed by atoms with Crippen LogP contribution in [0, 0.1) is 18.6 Å². The molecule has 0 saturated carbocycles. The number of aliphatic hydroxyl groups is 1. The monoisotopic (exact) mass is 275 g/mol. The summed E-state index contributed by atoms with van der Waals surface area (Å²) in [7, 11) is 0. The summed E-state index contributed by atoms with van der Waals surface area (Å²) in [6.07, 6.45) is 0. The van der Waals surface area contributed by atoms with E-state index in [1.54, 1.807) is 6.92 Å². The van der Waals surface area contributed by atoms with Crippen LogP contribution in [0.3, 0.4) is 0 Å². The van der Waals surface area contributed by atoms with Gasteiger partial charge in [0.15, 0.2) is 5.60 Å². The van der Waals surface area contributed by atoms with Crippen LogP contribution in [-0.4, -0.2) is 11.0 Å². The number of rotatable bonds is 1. The van der Waals surface area contributed by atoms with Crippen LogP contribution in [0.4, 0.5) is 14.5 Å². The molecule has 0 radical (unpaired) electrons. The number of fused-ring (bicyclic) bond motifs is 1. The van der Waals surface area contributed by atoms with Crippen molar-refractivity contribution in [2.75, 3.05) is 5.32 Å². The number of benzene rings is 2. The first-order valence-corrected chi connectivity index (χ1v) is 6.03. The summed E-state index contributed by atoms with van der Waals surface area (Å²) in [5.74, 6) is -1.83. The fraction of sp³-hybridized carbons (Fsp3) is 0.133. The van der Waals surface area contributed by atoms with Gasteiger partial charge in [0.25, 0.3) is 5.91 Å². The van der Waals surface area contributed by atoms with Crippen molar-refractivity contribution in [3.63, 3.8) is 0 Å². The van der Waals surface area contributed by atoms with Crippen molar-refractivity contribution in [2.24, 2.45) is 0 Å². The van der Waals surface area contributed by atoms with Gasteiger partial charge in [-0.05, 0) is 36.8 Å². The first-order chi connectivity index (χ1) is 9.42. The molecule has 2 aromatic carbocycles. The lowest BCUT2D eigenvalue weighted by molar-refractivity contribution is -0.129.